The molecule has 4 bridgehead atoms. The zero-order chi connectivity index (χ0) is 18.6. The van der Waals surface area contributed by atoms with Crippen LogP contribution in [0.4, 0.5) is 0 Å². The van der Waals surface area contributed by atoms with E-state index in [1.807, 2.05) is 30.3 Å². The van der Waals surface area contributed by atoms with Crippen molar-refractivity contribution in [1.82, 2.24) is 5.32 Å². The smallest absolute Gasteiger partial charge is 0.313 e. The van der Waals surface area contributed by atoms with E-state index < -0.39 is 11.5 Å². The van der Waals surface area contributed by atoms with Gasteiger partial charge in [-0.15, -0.1) is 11.6 Å². The van der Waals surface area contributed by atoms with Gasteiger partial charge in [-0.1, -0.05) is 30.3 Å². The molecule has 6 rings (SSSR count). The second-order valence-electron chi connectivity index (χ2n) is 9.37. The number of carbonyl (C=O) groups excluding carboxylic acids is 2. The molecule has 0 aliphatic heterocycles. The fourth-order valence-corrected chi connectivity index (χ4v) is 6.72. The molecule has 1 aromatic rings. The largest absolute Gasteiger partial charge is 0.447 e. The summed E-state index contributed by atoms with van der Waals surface area (Å²) in [6, 6.07) is 9.59. The molecule has 1 amide bonds. The van der Waals surface area contributed by atoms with Crippen molar-refractivity contribution in [2.75, 3.05) is 0 Å². The van der Waals surface area contributed by atoms with Crippen LogP contribution in [0.5, 0.6) is 0 Å². The number of ether oxygens (including phenoxy) is 1. The Hall–Kier alpha value is -1.55. The number of alkyl halides is 1. The fraction of sp³-hybridized carbons (Fsp3) is 0.636. The molecule has 0 heterocycles. The summed E-state index contributed by atoms with van der Waals surface area (Å²) >= 11 is 6.87. The first kappa shape index (κ1) is 17.5. The average molecular weight is 388 g/mol. The zero-order valence-corrected chi connectivity index (χ0v) is 16.2. The molecule has 1 aromatic carbocycles. The number of rotatable bonds is 5. The van der Waals surface area contributed by atoms with Gasteiger partial charge >= 0.3 is 5.97 Å². The average Bonchev–Trinajstić information content (AvgIpc) is 3.42. The Bertz CT molecular complexity index is 746. The van der Waals surface area contributed by atoms with E-state index in [0.717, 1.165) is 44.1 Å². The van der Waals surface area contributed by atoms with Crippen molar-refractivity contribution in [2.45, 2.75) is 68.4 Å². The maximum Gasteiger partial charge on any atom is 0.313 e. The maximum absolute atomic E-state index is 13.4. The van der Waals surface area contributed by atoms with Crippen LogP contribution in [0.25, 0.3) is 0 Å². The van der Waals surface area contributed by atoms with Gasteiger partial charge in [0.05, 0.1) is 5.41 Å². The number of hydrogen-bond acceptors (Lipinski definition) is 3. The Kier molecular flexibility index (Phi) is 4.05. The van der Waals surface area contributed by atoms with Crippen LogP contribution in [-0.4, -0.2) is 22.8 Å². The van der Waals surface area contributed by atoms with E-state index in [1.54, 1.807) is 0 Å². The minimum Gasteiger partial charge on any atom is -0.447 e. The molecule has 5 atom stereocenters. The van der Waals surface area contributed by atoms with E-state index >= 15 is 0 Å². The summed E-state index contributed by atoms with van der Waals surface area (Å²) < 4.78 is 5.95. The summed E-state index contributed by atoms with van der Waals surface area (Å²) in [4.78, 5) is 25.9. The Morgan fingerprint density at radius 2 is 1.74 bits per heavy atom. The van der Waals surface area contributed by atoms with Gasteiger partial charge in [0.15, 0.2) is 0 Å². The summed E-state index contributed by atoms with van der Waals surface area (Å²) in [6.07, 6.45) is 6.78. The third kappa shape index (κ3) is 3.26. The van der Waals surface area contributed by atoms with Gasteiger partial charge in [-0.05, 0) is 63.2 Å². The maximum atomic E-state index is 13.4. The lowest BCUT2D eigenvalue weighted by Crippen LogP contribution is -2.56. The second-order valence-corrected chi connectivity index (χ2v) is 10.2. The van der Waals surface area contributed by atoms with Crippen molar-refractivity contribution >= 4 is 23.5 Å². The first-order valence-corrected chi connectivity index (χ1v) is 10.6. The van der Waals surface area contributed by atoms with Crippen LogP contribution in [-0.2, 0) is 14.3 Å². The predicted molar refractivity (Wildman–Crippen MR) is 102 cm³/mol. The summed E-state index contributed by atoms with van der Waals surface area (Å²) in [5.74, 6) is 0.613. The zero-order valence-electron chi connectivity index (χ0n) is 15.5. The molecule has 27 heavy (non-hydrogen) atoms. The monoisotopic (exact) mass is 387 g/mol. The fourth-order valence-electron chi connectivity index (χ4n) is 6.03. The normalized spacial score (nSPS) is 37.7. The van der Waals surface area contributed by atoms with Crippen LogP contribution in [0.3, 0.4) is 0 Å². The molecule has 0 spiro atoms. The lowest BCUT2D eigenvalue weighted by molar-refractivity contribution is -0.178. The first-order valence-electron chi connectivity index (χ1n) is 10.2. The van der Waals surface area contributed by atoms with Crippen LogP contribution in [0.15, 0.2) is 30.3 Å². The van der Waals surface area contributed by atoms with Crippen molar-refractivity contribution in [3.8, 4) is 0 Å². The van der Waals surface area contributed by atoms with E-state index in [9.17, 15) is 9.59 Å². The van der Waals surface area contributed by atoms with Crippen molar-refractivity contribution in [3.05, 3.63) is 35.9 Å². The molecule has 5 heteroatoms. The van der Waals surface area contributed by atoms with E-state index in [-0.39, 0.29) is 22.8 Å². The number of benzene rings is 1. The lowest BCUT2D eigenvalue weighted by Gasteiger charge is -2.58. The van der Waals surface area contributed by atoms with E-state index in [0.29, 0.717) is 18.3 Å². The molecule has 144 valence electrons. The Labute approximate surface area is 165 Å². The Morgan fingerprint density at radius 3 is 2.33 bits per heavy atom. The minimum absolute atomic E-state index is 0.206. The number of nitrogens with one attached hydrogen (secondary N) is 1. The quantitative estimate of drug-likeness (QED) is 0.610. The van der Waals surface area contributed by atoms with Crippen LogP contribution in [0, 0.1) is 17.3 Å². The molecule has 0 aromatic heterocycles. The molecule has 5 aliphatic rings. The number of carbonyl (C=O) groups is 2. The van der Waals surface area contributed by atoms with Gasteiger partial charge in [-0.2, -0.15) is 0 Å². The van der Waals surface area contributed by atoms with Gasteiger partial charge in [0, 0.05) is 16.5 Å². The third-order valence-electron chi connectivity index (χ3n) is 6.91. The molecule has 5 aliphatic carbocycles. The first-order chi connectivity index (χ1) is 12.9. The van der Waals surface area contributed by atoms with Crippen LogP contribution in [0.2, 0.25) is 0 Å². The molecule has 1 N–H and O–H groups in total. The molecule has 2 unspecified atom stereocenters. The number of esters is 1. The molecular formula is C22H26ClNO3. The second kappa shape index (κ2) is 6.23. The highest BCUT2D eigenvalue weighted by molar-refractivity contribution is 6.24. The van der Waals surface area contributed by atoms with Crippen molar-refractivity contribution in [1.29, 1.82) is 0 Å². The highest BCUT2D eigenvalue weighted by atomic mass is 35.5. The molecule has 4 nitrogen and oxygen atoms in total. The third-order valence-corrected chi connectivity index (χ3v) is 7.35. The molecule has 0 saturated heterocycles. The minimum atomic E-state index is -0.876. The van der Waals surface area contributed by atoms with Gasteiger partial charge in [0.2, 0.25) is 6.10 Å². The molecular weight excluding hydrogens is 362 g/mol. The number of halogens is 1. The molecule has 0 radical (unpaired) electrons. The predicted octanol–water partition coefficient (Wildman–Crippen LogP) is 4.13. The van der Waals surface area contributed by atoms with Gasteiger partial charge in [-0.3, -0.25) is 9.59 Å². The summed E-state index contributed by atoms with van der Waals surface area (Å²) in [5.41, 5.74) is 0.230. The summed E-state index contributed by atoms with van der Waals surface area (Å²) in [7, 11) is 0. The Balaban J connectivity index is 1.39. The van der Waals surface area contributed by atoms with Crippen LogP contribution < -0.4 is 5.32 Å². The SMILES string of the molecule is O=C(NC1CC1)[C@@H](OC(=O)C12C[C@@H]3C[C@@H](CC(Cl)(C3)C1)C2)c1ccccc1. The van der Waals surface area contributed by atoms with Crippen LogP contribution in [0.1, 0.15) is 63.0 Å². The molecule has 5 fully saturated rings. The van der Waals surface area contributed by atoms with E-state index in [4.69, 9.17) is 16.3 Å². The van der Waals surface area contributed by atoms with Gasteiger partial charge < -0.3 is 10.1 Å². The number of amides is 1. The standard InChI is InChI=1S/C22H26ClNO3/c23-22-11-14-8-15(12-22)10-21(9-14,13-22)20(26)27-18(16-4-2-1-3-5-16)19(25)24-17-6-7-17/h1-5,14-15,17-18H,6-13H2,(H,24,25)/t14-,15+,18-,21?,22?/m0/s1. The summed E-state index contributed by atoms with van der Waals surface area (Å²) in [5, 5.41) is 3.00. The number of hydrogen-bond donors (Lipinski definition) is 1. The van der Waals surface area contributed by atoms with Crippen molar-refractivity contribution < 1.29 is 14.3 Å². The van der Waals surface area contributed by atoms with Gasteiger partial charge in [0.25, 0.3) is 5.91 Å². The van der Waals surface area contributed by atoms with Crippen molar-refractivity contribution in [3.63, 3.8) is 0 Å². The van der Waals surface area contributed by atoms with Gasteiger partial charge in [0.1, 0.15) is 0 Å². The van der Waals surface area contributed by atoms with E-state index in [2.05, 4.69) is 5.32 Å². The Morgan fingerprint density at radius 1 is 1.07 bits per heavy atom. The topological polar surface area (TPSA) is 55.4 Å². The highest BCUT2D eigenvalue weighted by Crippen LogP contribution is 2.64. The van der Waals surface area contributed by atoms with E-state index in [1.165, 1.54) is 6.42 Å². The van der Waals surface area contributed by atoms with Crippen molar-refractivity contribution in [2.24, 2.45) is 17.3 Å². The van der Waals surface area contributed by atoms with Crippen LogP contribution >= 0.6 is 11.6 Å². The highest BCUT2D eigenvalue weighted by Gasteiger charge is 2.61. The van der Waals surface area contributed by atoms with Gasteiger partial charge in [-0.25, -0.2) is 0 Å². The lowest BCUT2D eigenvalue weighted by atomic mass is 9.49. The molecule has 5 saturated carbocycles. The summed E-state index contributed by atoms with van der Waals surface area (Å²) in [6.45, 7) is 0.